The van der Waals surface area contributed by atoms with Gasteiger partial charge in [-0.05, 0) is 47.4 Å². The maximum absolute atomic E-state index is 11.7. The van der Waals surface area contributed by atoms with Crippen LogP contribution < -0.4 is 5.32 Å². The number of amides is 1. The number of carbonyl (C=O) groups is 1. The Morgan fingerprint density at radius 3 is 3.24 bits per heavy atom. The van der Waals surface area contributed by atoms with Gasteiger partial charge in [-0.3, -0.25) is 4.79 Å². The van der Waals surface area contributed by atoms with Gasteiger partial charge in [0.25, 0.3) is 0 Å². The zero-order valence-electron chi connectivity index (χ0n) is 11.8. The zero-order chi connectivity index (χ0) is 14.5. The molecule has 1 aromatic carbocycles. The number of carbonyl (C=O) groups excluding carboxylic acids is 1. The van der Waals surface area contributed by atoms with E-state index in [1.165, 1.54) is 10.1 Å². The molecule has 1 aromatic heterocycles. The summed E-state index contributed by atoms with van der Waals surface area (Å²) in [6.45, 7) is 1.95. The summed E-state index contributed by atoms with van der Waals surface area (Å²) in [5.74, 6) is -0.0848. The number of fused-ring (bicyclic) bond motifs is 1. The third-order valence-electron chi connectivity index (χ3n) is 3.57. The fraction of sp³-hybridized carbons (Fsp3) is 0.438. The van der Waals surface area contributed by atoms with Crippen molar-refractivity contribution in [3.63, 3.8) is 0 Å². The number of hydrogen-bond donors (Lipinski definition) is 1. The summed E-state index contributed by atoms with van der Waals surface area (Å²) in [7, 11) is 0. The third-order valence-corrected chi connectivity index (χ3v) is 4.47. The molecule has 5 heteroatoms. The highest BCUT2D eigenvalue weighted by Gasteiger charge is 2.15. The molecule has 112 valence electrons. The van der Waals surface area contributed by atoms with Gasteiger partial charge in [0.05, 0.1) is 12.7 Å². The average Bonchev–Trinajstić information content (AvgIpc) is 3.15. The van der Waals surface area contributed by atoms with Crippen LogP contribution in [0.25, 0.3) is 10.1 Å². The van der Waals surface area contributed by atoms with Crippen molar-refractivity contribution in [3.05, 3.63) is 35.2 Å². The molecule has 1 aliphatic rings. The third kappa shape index (κ3) is 4.03. The summed E-state index contributed by atoms with van der Waals surface area (Å²) in [6.07, 6.45) is 2.28. The molecule has 2 aromatic rings. The van der Waals surface area contributed by atoms with Crippen molar-refractivity contribution in [2.45, 2.75) is 25.5 Å². The second-order valence-electron chi connectivity index (χ2n) is 5.22. The van der Waals surface area contributed by atoms with Crippen LogP contribution in [0.1, 0.15) is 18.4 Å². The van der Waals surface area contributed by atoms with E-state index in [0.29, 0.717) is 13.2 Å². The van der Waals surface area contributed by atoms with Crippen LogP contribution >= 0.6 is 11.3 Å². The summed E-state index contributed by atoms with van der Waals surface area (Å²) in [6, 6.07) is 8.34. The first-order valence-corrected chi connectivity index (χ1v) is 8.11. The first-order valence-electron chi connectivity index (χ1n) is 7.23. The molecular weight excluding hydrogens is 286 g/mol. The molecule has 21 heavy (non-hydrogen) atoms. The lowest BCUT2D eigenvalue weighted by Gasteiger charge is -2.10. The first-order chi connectivity index (χ1) is 10.3. The molecule has 1 amide bonds. The molecule has 4 nitrogen and oxygen atoms in total. The Morgan fingerprint density at radius 2 is 2.38 bits per heavy atom. The van der Waals surface area contributed by atoms with E-state index in [2.05, 4.69) is 28.9 Å². The van der Waals surface area contributed by atoms with Crippen molar-refractivity contribution in [2.24, 2.45) is 0 Å². The number of nitrogens with one attached hydrogen (secondary N) is 1. The molecule has 0 radical (unpaired) electrons. The molecule has 0 unspecified atom stereocenters. The van der Waals surface area contributed by atoms with Gasteiger partial charge in [0.2, 0.25) is 5.91 Å². The topological polar surface area (TPSA) is 47.6 Å². The van der Waals surface area contributed by atoms with Crippen LogP contribution in [0.2, 0.25) is 0 Å². The normalized spacial score (nSPS) is 18.2. The summed E-state index contributed by atoms with van der Waals surface area (Å²) in [5.41, 5.74) is 1.10. The monoisotopic (exact) mass is 305 g/mol. The van der Waals surface area contributed by atoms with Gasteiger partial charge in [-0.1, -0.05) is 6.07 Å². The molecular formula is C16H19NO3S. The standard InChI is InChI=1S/C16H19NO3S/c18-16(11-19-10-14-2-1-6-20-14)17-9-12-3-4-15-13(8-12)5-7-21-15/h3-5,7-8,14H,1-2,6,9-11H2,(H,17,18)/t14-/m1/s1. The summed E-state index contributed by atoms with van der Waals surface area (Å²) in [5, 5.41) is 6.18. The molecule has 3 rings (SSSR count). The Morgan fingerprint density at radius 1 is 1.43 bits per heavy atom. The van der Waals surface area contributed by atoms with Gasteiger partial charge in [-0.15, -0.1) is 11.3 Å². The second-order valence-corrected chi connectivity index (χ2v) is 6.17. The fourth-order valence-electron chi connectivity index (χ4n) is 2.44. The Hall–Kier alpha value is -1.43. The van der Waals surface area contributed by atoms with Crippen molar-refractivity contribution >= 4 is 27.3 Å². The number of hydrogen-bond acceptors (Lipinski definition) is 4. The first kappa shape index (κ1) is 14.5. The van der Waals surface area contributed by atoms with E-state index >= 15 is 0 Å². The van der Waals surface area contributed by atoms with Crippen molar-refractivity contribution in [1.82, 2.24) is 5.32 Å². The second kappa shape index (κ2) is 7.02. The lowest BCUT2D eigenvalue weighted by atomic mass is 10.2. The number of thiophene rings is 1. The van der Waals surface area contributed by atoms with Crippen LogP contribution in [0.15, 0.2) is 29.6 Å². The summed E-state index contributed by atoms with van der Waals surface area (Å²) < 4.78 is 12.1. The Kier molecular flexibility index (Phi) is 4.85. The predicted molar refractivity (Wildman–Crippen MR) is 83.5 cm³/mol. The summed E-state index contributed by atoms with van der Waals surface area (Å²) in [4.78, 5) is 11.7. The number of rotatable bonds is 6. The van der Waals surface area contributed by atoms with Crippen LogP contribution in [-0.4, -0.2) is 31.8 Å². The van der Waals surface area contributed by atoms with Crippen molar-refractivity contribution < 1.29 is 14.3 Å². The van der Waals surface area contributed by atoms with E-state index in [1.54, 1.807) is 11.3 Å². The van der Waals surface area contributed by atoms with Crippen LogP contribution in [0.5, 0.6) is 0 Å². The maximum Gasteiger partial charge on any atom is 0.246 e. The Bertz CT molecular complexity index is 604. The predicted octanol–water partition coefficient (Wildman–Crippen LogP) is 2.71. The van der Waals surface area contributed by atoms with E-state index in [9.17, 15) is 4.79 Å². The Labute approximate surface area is 128 Å². The molecule has 0 spiro atoms. The highest BCUT2D eigenvalue weighted by molar-refractivity contribution is 7.17. The fourth-order valence-corrected chi connectivity index (χ4v) is 3.21. The minimum atomic E-state index is -0.0848. The number of ether oxygens (including phenoxy) is 2. The molecule has 1 saturated heterocycles. The van der Waals surface area contributed by atoms with Crippen LogP contribution in [0.4, 0.5) is 0 Å². The lowest BCUT2D eigenvalue weighted by molar-refractivity contribution is -0.127. The van der Waals surface area contributed by atoms with E-state index < -0.39 is 0 Å². The van der Waals surface area contributed by atoms with Gasteiger partial charge in [-0.2, -0.15) is 0 Å². The minimum Gasteiger partial charge on any atom is -0.376 e. The molecule has 1 fully saturated rings. The molecule has 2 heterocycles. The lowest BCUT2D eigenvalue weighted by Crippen LogP contribution is -2.28. The van der Waals surface area contributed by atoms with Gasteiger partial charge in [-0.25, -0.2) is 0 Å². The van der Waals surface area contributed by atoms with Crippen LogP contribution in [-0.2, 0) is 20.8 Å². The van der Waals surface area contributed by atoms with E-state index in [1.807, 2.05) is 6.07 Å². The van der Waals surface area contributed by atoms with E-state index in [-0.39, 0.29) is 18.6 Å². The van der Waals surface area contributed by atoms with Gasteiger partial charge >= 0.3 is 0 Å². The van der Waals surface area contributed by atoms with Gasteiger partial charge < -0.3 is 14.8 Å². The summed E-state index contributed by atoms with van der Waals surface area (Å²) >= 11 is 1.72. The van der Waals surface area contributed by atoms with E-state index in [0.717, 1.165) is 25.0 Å². The van der Waals surface area contributed by atoms with Gasteiger partial charge in [0.15, 0.2) is 0 Å². The highest BCUT2D eigenvalue weighted by atomic mass is 32.1. The van der Waals surface area contributed by atoms with Crippen molar-refractivity contribution in [3.8, 4) is 0 Å². The van der Waals surface area contributed by atoms with Gasteiger partial charge in [0, 0.05) is 17.9 Å². The minimum absolute atomic E-state index is 0.0848. The van der Waals surface area contributed by atoms with Crippen LogP contribution in [0, 0.1) is 0 Å². The smallest absolute Gasteiger partial charge is 0.246 e. The molecule has 1 N–H and O–H groups in total. The average molecular weight is 305 g/mol. The zero-order valence-corrected chi connectivity index (χ0v) is 12.7. The largest absolute Gasteiger partial charge is 0.376 e. The molecule has 1 atom stereocenters. The van der Waals surface area contributed by atoms with Gasteiger partial charge in [0.1, 0.15) is 6.61 Å². The SMILES string of the molecule is O=C(COC[C@H]1CCCO1)NCc1ccc2sccc2c1. The molecule has 0 aliphatic carbocycles. The van der Waals surface area contributed by atoms with Crippen molar-refractivity contribution in [2.75, 3.05) is 19.8 Å². The molecule has 0 saturated carbocycles. The quantitative estimate of drug-likeness (QED) is 0.892. The Balaban J connectivity index is 1.40. The maximum atomic E-state index is 11.7. The van der Waals surface area contributed by atoms with Crippen molar-refractivity contribution in [1.29, 1.82) is 0 Å². The van der Waals surface area contributed by atoms with E-state index in [4.69, 9.17) is 9.47 Å². The number of benzene rings is 1. The van der Waals surface area contributed by atoms with Crippen LogP contribution in [0.3, 0.4) is 0 Å². The molecule has 1 aliphatic heterocycles. The highest BCUT2D eigenvalue weighted by Crippen LogP contribution is 2.21. The molecule has 0 bridgehead atoms.